The summed E-state index contributed by atoms with van der Waals surface area (Å²) >= 11 is 0. The van der Waals surface area contributed by atoms with E-state index in [1.165, 1.54) is 12.1 Å². The normalized spacial score (nSPS) is 24.4. The standard InChI is InChI=1S/C39H54F3N6O10P/c1-7-24-21-38(24,34(51)46-59(54,55-5)56-6)23-43-32(49)30-20-27(22-48(30)33(50)31(37(2,3)4)45-36(53)57-26-13-9-10-14-26)58-35(52)44-28-19-25(39(40,41)42)15-16-29(28)47-17-11-8-12-18-47/h7,15-16,19,23-24,26-27,30-31H,1,8-14,17-18,20-22H2,2-6H3,(H,44,52)(H,45,53)(H,46,51,54)/t24-,27-,30+,31-,38-/m1/s1. The number of carbonyl (C=O) groups excluding carboxylic acids is 5. The minimum atomic E-state index is -4.69. The Labute approximate surface area is 341 Å². The van der Waals surface area contributed by atoms with E-state index in [1.54, 1.807) is 20.8 Å². The largest absolute Gasteiger partial charge is 0.446 e. The van der Waals surface area contributed by atoms with E-state index in [0.717, 1.165) is 69.6 Å². The van der Waals surface area contributed by atoms with E-state index < -0.39 is 84.3 Å². The van der Waals surface area contributed by atoms with Gasteiger partial charge >= 0.3 is 26.1 Å². The van der Waals surface area contributed by atoms with Gasteiger partial charge < -0.3 is 24.6 Å². The summed E-state index contributed by atoms with van der Waals surface area (Å²) in [7, 11) is -1.87. The lowest BCUT2D eigenvalue weighted by atomic mass is 9.85. The molecular weight excluding hydrogens is 800 g/mol. The van der Waals surface area contributed by atoms with Gasteiger partial charge in [-0.25, -0.2) is 19.1 Å². The lowest BCUT2D eigenvalue weighted by molar-refractivity contribution is -0.141. The number of benzene rings is 1. The molecule has 3 N–H and O–H groups in total. The number of nitrogens with one attached hydrogen (secondary N) is 3. The van der Waals surface area contributed by atoms with Crippen LogP contribution in [0.3, 0.4) is 0 Å². The Morgan fingerprint density at radius 3 is 2.19 bits per heavy atom. The average Bonchev–Trinajstić information content (AvgIpc) is 3.43. The predicted molar refractivity (Wildman–Crippen MR) is 211 cm³/mol. The summed E-state index contributed by atoms with van der Waals surface area (Å²) in [5.74, 6) is -2.93. The number of carbonyl (C=O) groups is 5. The lowest BCUT2D eigenvalue weighted by Gasteiger charge is -2.34. The number of allylic oxidation sites excluding steroid dienone is 1. The van der Waals surface area contributed by atoms with Crippen molar-refractivity contribution in [1.82, 2.24) is 15.3 Å². The first-order valence-corrected chi connectivity index (χ1v) is 21.2. The van der Waals surface area contributed by atoms with Crippen LogP contribution in [0.15, 0.2) is 35.8 Å². The van der Waals surface area contributed by atoms with Gasteiger partial charge in [0.1, 0.15) is 24.3 Å². The molecule has 2 aliphatic heterocycles. The number of amides is 5. The first-order valence-electron chi connectivity index (χ1n) is 19.7. The third-order valence-electron chi connectivity index (χ3n) is 11.2. The second-order valence-electron chi connectivity index (χ2n) is 16.4. The van der Waals surface area contributed by atoms with Crippen molar-refractivity contribution in [2.24, 2.45) is 21.7 Å². The number of hydrogen-bond donors (Lipinski definition) is 3. The highest BCUT2D eigenvalue weighted by atomic mass is 31.2. The Balaban J connectivity index is 1.41. The smallest absolute Gasteiger partial charge is 0.434 e. The van der Waals surface area contributed by atoms with Gasteiger partial charge in [-0.15, -0.1) is 6.58 Å². The molecule has 326 valence electrons. The van der Waals surface area contributed by atoms with Crippen molar-refractivity contribution >= 4 is 55.2 Å². The number of hydrogen-bond acceptors (Lipinski definition) is 11. The molecule has 2 aliphatic carbocycles. The molecule has 5 atom stereocenters. The molecule has 2 saturated heterocycles. The number of nitrogens with zero attached hydrogens (tertiary/aromatic N) is 3. The average molecular weight is 855 g/mol. The zero-order valence-corrected chi connectivity index (χ0v) is 34.9. The third-order valence-corrected chi connectivity index (χ3v) is 12.7. The van der Waals surface area contributed by atoms with Gasteiger partial charge in [0.05, 0.1) is 28.9 Å². The second kappa shape index (κ2) is 18.4. The molecular formula is C39H54F3N6O10P. The maximum atomic E-state index is 14.4. The zero-order chi connectivity index (χ0) is 43.3. The molecule has 2 saturated carbocycles. The fourth-order valence-corrected chi connectivity index (χ4v) is 8.51. The van der Waals surface area contributed by atoms with E-state index in [4.69, 9.17) is 18.5 Å². The quantitative estimate of drug-likeness (QED) is 0.110. The number of alkyl halides is 3. The first-order chi connectivity index (χ1) is 27.7. The van der Waals surface area contributed by atoms with Crippen LogP contribution >= 0.6 is 7.75 Å². The zero-order valence-electron chi connectivity index (χ0n) is 34.0. The van der Waals surface area contributed by atoms with Gasteiger partial charge in [-0.2, -0.15) is 13.2 Å². The van der Waals surface area contributed by atoms with Gasteiger partial charge in [0, 0.05) is 39.9 Å². The first kappa shape index (κ1) is 45.6. The van der Waals surface area contributed by atoms with Crippen molar-refractivity contribution in [3.05, 3.63) is 36.4 Å². The molecule has 2 heterocycles. The fraction of sp³-hybridized carbons (Fsp3) is 0.641. The maximum absolute atomic E-state index is 14.4. The van der Waals surface area contributed by atoms with Crippen LogP contribution < -0.4 is 20.6 Å². The topological polar surface area (TPSA) is 194 Å². The van der Waals surface area contributed by atoms with Crippen molar-refractivity contribution in [3.63, 3.8) is 0 Å². The minimum absolute atomic E-state index is 0.121. The van der Waals surface area contributed by atoms with E-state index >= 15 is 0 Å². The number of ether oxygens (including phenoxy) is 2. The van der Waals surface area contributed by atoms with E-state index in [0.29, 0.717) is 31.6 Å². The summed E-state index contributed by atoms with van der Waals surface area (Å²) in [6.45, 7) is 9.64. The molecule has 16 nitrogen and oxygen atoms in total. The summed E-state index contributed by atoms with van der Waals surface area (Å²) in [5, 5.41) is 7.33. The molecule has 59 heavy (non-hydrogen) atoms. The maximum Gasteiger partial charge on any atom is 0.434 e. The molecule has 4 fully saturated rings. The van der Waals surface area contributed by atoms with Crippen molar-refractivity contribution < 1.29 is 60.2 Å². The second-order valence-corrected chi connectivity index (χ2v) is 18.4. The summed E-state index contributed by atoms with van der Waals surface area (Å²) in [4.78, 5) is 75.4. The van der Waals surface area contributed by atoms with E-state index in [-0.39, 0.29) is 31.2 Å². The van der Waals surface area contributed by atoms with Crippen LogP contribution in [0.2, 0.25) is 0 Å². The van der Waals surface area contributed by atoms with Crippen LogP contribution in [-0.4, -0.2) is 99.2 Å². The van der Waals surface area contributed by atoms with Crippen LogP contribution in [0.25, 0.3) is 0 Å². The molecule has 0 spiro atoms. The number of alkyl carbamates (subject to hydrolysis) is 1. The van der Waals surface area contributed by atoms with Crippen molar-refractivity contribution in [2.75, 3.05) is 44.1 Å². The minimum Gasteiger partial charge on any atom is -0.446 e. The summed E-state index contributed by atoms with van der Waals surface area (Å²) in [5.41, 5.74) is -3.09. The molecule has 1 aromatic carbocycles. The van der Waals surface area contributed by atoms with Crippen LogP contribution in [0.4, 0.5) is 34.1 Å². The van der Waals surface area contributed by atoms with Crippen molar-refractivity contribution in [3.8, 4) is 0 Å². The molecule has 0 aromatic heterocycles. The summed E-state index contributed by atoms with van der Waals surface area (Å²) in [6.07, 6.45) is 0.0920. The Hall–Kier alpha value is -4.48. The van der Waals surface area contributed by atoms with Crippen molar-refractivity contribution in [2.45, 2.75) is 109 Å². The Morgan fingerprint density at radius 2 is 1.61 bits per heavy atom. The van der Waals surface area contributed by atoms with Crippen LogP contribution in [-0.2, 0) is 43.6 Å². The number of likely N-dealkylation sites (tertiary alicyclic amines) is 1. The highest BCUT2D eigenvalue weighted by molar-refractivity contribution is 7.52. The van der Waals surface area contributed by atoms with E-state index in [9.17, 15) is 41.7 Å². The Morgan fingerprint density at radius 1 is 0.966 bits per heavy atom. The van der Waals surface area contributed by atoms with Gasteiger partial charge in [0.25, 0.3) is 5.91 Å². The Kier molecular flexibility index (Phi) is 14.2. The number of anilines is 2. The number of rotatable bonds is 13. The summed E-state index contributed by atoms with van der Waals surface area (Å²) in [6, 6.07) is 0.470. The van der Waals surface area contributed by atoms with Crippen LogP contribution in [0, 0.1) is 16.7 Å². The highest BCUT2D eigenvalue weighted by Gasteiger charge is 2.59. The fourth-order valence-electron chi connectivity index (χ4n) is 7.72. The molecule has 0 bridgehead atoms. The molecule has 5 amide bonds. The van der Waals surface area contributed by atoms with Crippen molar-refractivity contribution in [1.29, 1.82) is 0 Å². The number of piperidine rings is 1. The molecule has 0 unspecified atom stereocenters. The molecule has 0 radical (unpaired) electrons. The van der Waals surface area contributed by atoms with Gasteiger partial charge in [-0.1, -0.05) is 26.8 Å². The summed E-state index contributed by atoms with van der Waals surface area (Å²) < 4.78 is 75.0. The van der Waals surface area contributed by atoms with E-state index in [2.05, 4.69) is 27.3 Å². The SMILES string of the molecule is C=C[C@@H]1C[C@]1(C=NC(=O)[C@@H]1C[C@@H](OC(=O)Nc2cc(C(F)(F)F)ccc2N2CCCCC2)CN1C(=O)[C@@H](NC(=O)OC1CCCC1)C(C)(C)C)C(=O)NP(=O)(OC)OC. The lowest BCUT2D eigenvalue weighted by Crippen LogP contribution is -2.57. The van der Waals surface area contributed by atoms with Gasteiger partial charge in [0.15, 0.2) is 0 Å². The Bertz CT molecular complexity index is 1840. The molecule has 1 aromatic rings. The third kappa shape index (κ3) is 11.0. The molecule has 20 heteroatoms. The molecule has 4 aliphatic rings. The van der Waals surface area contributed by atoms with Gasteiger partial charge in [0.2, 0.25) is 11.8 Å². The number of halogens is 3. The monoisotopic (exact) mass is 854 g/mol. The van der Waals surface area contributed by atoms with E-state index in [1.807, 2.05) is 4.90 Å². The number of aliphatic imine (C=N–C) groups is 1. The van der Waals surface area contributed by atoms with Crippen LogP contribution in [0.1, 0.15) is 84.1 Å². The highest BCUT2D eigenvalue weighted by Crippen LogP contribution is 2.54. The van der Waals surface area contributed by atoms with Gasteiger partial charge in [-0.05, 0) is 80.9 Å². The predicted octanol–water partition coefficient (Wildman–Crippen LogP) is 6.60. The van der Waals surface area contributed by atoms with Crippen LogP contribution in [0.5, 0.6) is 0 Å². The molecule has 5 rings (SSSR count). The van der Waals surface area contributed by atoms with Gasteiger partial charge in [-0.3, -0.25) is 33.8 Å².